The van der Waals surface area contributed by atoms with Gasteiger partial charge in [-0.1, -0.05) is 68.3 Å². The van der Waals surface area contributed by atoms with E-state index in [0.29, 0.717) is 31.7 Å². The fourth-order valence-electron chi connectivity index (χ4n) is 4.80. The second kappa shape index (κ2) is 11.4. The molecule has 2 aromatic carbocycles. The number of carbonyl (C=O) groups is 3. The number of nitrogens with one attached hydrogen (secondary N) is 2. The second-order valence-electron chi connectivity index (χ2n) is 9.75. The van der Waals surface area contributed by atoms with Gasteiger partial charge in [0.05, 0.1) is 5.92 Å². The lowest BCUT2D eigenvalue weighted by atomic mass is 9.98. The smallest absolute Gasteiger partial charge is 0.407 e. The van der Waals surface area contributed by atoms with Crippen LogP contribution in [0.25, 0.3) is 11.1 Å². The lowest BCUT2D eigenvalue weighted by Crippen LogP contribution is -2.36. The van der Waals surface area contributed by atoms with Crippen molar-refractivity contribution in [2.75, 3.05) is 19.7 Å². The van der Waals surface area contributed by atoms with E-state index in [4.69, 9.17) is 4.74 Å². The quantitative estimate of drug-likeness (QED) is 0.388. The van der Waals surface area contributed by atoms with Crippen LogP contribution < -0.4 is 10.6 Å². The largest absolute Gasteiger partial charge is 0.481 e. The number of alkyl carbamates (subject to hydrolysis) is 1. The average Bonchev–Trinajstić information content (AvgIpc) is 3.63. The highest BCUT2D eigenvalue weighted by atomic mass is 16.5. The van der Waals surface area contributed by atoms with Gasteiger partial charge in [0.15, 0.2) is 0 Å². The highest BCUT2D eigenvalue weighted by Crippen LogP contribution is 2.44. The first-order valence-electron chi connectivity index (χ1n) is 12.5. The van der Waals surface area contributed by atoms with Gasteiger partial charge in [0, 0.05) is 24.9 Å². The normalized spacial score (nSPS) is 16.0. The molecule has 0 spiro atoms. The molecule has 7 nitrogen and oxygen atoms in total. The zero-order chi connectivity index (χ0) is 24.8. The minimum absolute atomic E-state index is 0.0198. The molecule has 2 atom stereocenters. The first-order chi connectivity index (χ1) is 16.9. The van der Waals surface area contributed by atoms with E-state index in [9.17, 15) is 19.5 Å². The number of carbonyl (C=O) groups excluding carboxylic acids is 2. The molecule has 0 radical (unpaired) electrons. The van der Waals surface area contributed by atoms with Gasteiger partial charge in [-0.15, -0.1) is 0 Å². The summed E-state index contributed by atoms with van der Waals surface area (Å²) in [5, 5.41) is 14.9. The van der Waals surface area contributed by atoms with Crippen LogP contribution in [-0.4, -0.2) is 42.8 Å². The summed E-state index contributed by atoms with van der Waals surface area (Å²) in [6.45, 7) is 2.67. The summed E-state index contributed by atoms with van der Waals surface area (Å²) in [5.74, 6) is -1.25. The number of aliphatic carboxylic acids is 1. The standard InChI is InChI=1S/C28H34N2O5/c1-18(26(31)30-16-20(27(32)33)15-19-12-13-19)7-6-14-29-28(34)35-17-25-23-10-4-2-8-21(23)22-9-3-5-11-24(22)25/h2-5,8-11,18-20,25H,6-7,12-17H2,1H3,(H,29,34)(H,30,31)(H,32,33). The summed E-state index contributed by atoms with van der Waals surface area (Å²) in [6.07, 6.45) is 3.57. The zero-order valence-electron chi connectivity index (χ0n) is 20.2. The van der Waals surface area contributed by atoms with Crippen molar-refractivity contribution < 1.29 is 24.2 Å². The molecular weight excluding hydrogens is 444 g/mol. The molecule has 7 heteroatoms. The maximum Gasteiger partial charge on any atom is 0.407 e. The summed E-state index contributed by atoms with van der Waals surface area (Å²) in [6, 6.07) is 16.4. The van der Waals surface area contributed by atoms with Gasteiger partial charge in [-0.25, -0.2) is 4.79 Å². The lowest BCUT2D eigenvalue weighted by Gasteiger charge is -2.16. The Morgan fingerprint density at radius 2 is 1.63 bits per heavy atom. The maximum absolute atomic E-state index is 12.3. The van der Waals surface area contributed by atoms with Crippen LogP contribution in [0.1, 0.15) is 56.1 Å². The second-order valence-corrected chi connectivity index (χ2v) is 9.75. The molecule has 0 heterocycles. The van der Waals surface area contributed by atoms with Crippen molar-refractivity contribution in [3.63, 3.8) is 0 Å². The first kappa shape index (κ1) is 24.8. The zero-order valence-corrected chi connectivity index (χ0v) is 20.2. The number of carboxylic acids is 1. The van der Waals surface area contributed by atoms with Gasteiger partial charge in [0.2, 0.25) is 5.91 Å². The molecule has 2 amide bonds. The van der Waals surface area contributed by atoms with Gasteiger partial charge in [-0.05, 0) is 47.4 Å². The molecule has 2 unspecified atom stereocenters. The molecule has 0 bridgehead atoms. The Morgan fingerprint density at radius 3 is 2.23 bits per heavy atom. The highest BCUT2D eigenvalue weighted by Gasteiger charge is 2.30. The Hall–Kier alpha value is -3.35. The third kappa shape index (κ3) is 6.41. The van der Waals surface area contributed by atoms with Crippen LogP contribution in [0.3, 0.4) is 0 Å². The number of benzene rings is 2. The molecule has 1 fully saturated rings. The molecule has 0 saturated heterocycles. The van der Waals surface area contributed by atoms with Crippen LogP contribution in [-0.2, 0) is 14.3 Å². The molecule has 186 valence electrons. The molecule has 4 rings (SSSR count). The summed E-state index contributed by atoms with van der Waals surface area (Å²) in [4.78, 5) is 36.0. The Bertz CT molecular complexity index is 1020. The fourth-order valence-corrected chi connectivity index (χ4v) is 4.80. The molecule has 2 aliphatic rings. The Balaban J connectivity index is 1.15. The number of hydrogen-bond acceptors (Lipinski definition) is 4. The predicted octanol–water partition coefficient (Wildman–Crippen LogP) is 4.56. The van der Waals surface area contributed by atoms with E-state index in [-0.39, 0.29) is 30.9 Å². The van der Waals surface area contributed by atoms with E-state index in [1.165, 1.54) is 22.3 Å². The molecule has 1 saturated carbocycles. The van der Waals surface area contributed by atoms with Crippen LogP contribution in [0.15, 0.2) is 48.5 Å². The average molecular weight is 479 g/mol. The monoisotopic (exact) mass is 478 g/mol. The van der Waals surface area contributed by atoms with Crippen LogP contribution in [0, 0.1) is 17.8 Å². The lowest BCUT2D eigenvalue weighted by molar-refractivity contribution is -0.142. The van der Waals surface area contributed by atoms with E-state index in [1.807, 2.05) is 31.2 Å². The Labute approximate surface area is 206 Å². The third-order valence-electron chi connectivity index (χ3n) is 7.06. The summed E-state index contributed by atoms with van der Waals surface area (Å²) in [7, 11) is 0. The summed E-state index contributed by atoms with van der Waals surface area (Å²) in [5.41, 5.74) is 4.71. The fraction of sp³-hybridized carbons (Fsp3) is 0.464. The number of fused-ring (bicyclic) bond motifs is 3. The van der Waals surface area contributed by atoms with E-state index < -0.39 is 18.0 Å². The Morgan fingerprint density at radius 1 is 1.00 bits per heavy atom. The predicted molar refractivity (Wildman–Crippen MR) is 133 cm³/mol. The molecule has 0 aromatic heterocycles. The van der Waals surface area contributed by atoms with Crippen LogP contribution in [0.2, 0.25) is 0 Å². The molecular formula is C28H34N2O5. The Kier molecular flexibility index (Phi) is 8.06. The topological polar surface area (TPSA) is 105 Å². The van der Waals surface area contributed by atoms with Crippen molar-refractivity contribution >= 4 is 18.0 Å². The van der Waals surface area contributed by atoms with Crippen molar-refractivity contribution in [1.29, 1.82) is 0 Å². The van der Waals surface area contributed by atoms with Gasteiger partial charge < -0.3 is 20.5 Å². The minimum atomic E-state index is -0.850. The van der Waals surface area contributed by atoms with Gasteiger partial charge >= 0.3 is 12.1 Å². The summed E-state index contributed by atoms with van der Waals surface area (Å²) >= 11 is 0. The minimum Gasteiger partial charge on any atom is -0.481 e. The van der Waals surface area contributed by atoms with Crippen molar-refractivity contribution in [2.24, 2.45) is 17.8 Å². The molecule has 0 aliphatic heterocycles. The number of hydrogen-bond donors (Lipinski definition) is 3. The van der Waals surface area contributed by atoms with Crippen molar-refractivity contribution in [2.45, 2.75) is 44.9 Å². The van der Waals surface area contributed by atoms with E-state index in [0.717, 1.165) is 12.8 Å². The van der Waals surface area contributed by atoms with Gasteiger partial charge in [-0.2, -0.15) is 0 Å². The molecule has 2 aliphatic carbocycles. The highest BCUT2D eigenvalue weighted by molar-refractivity contribution is 5.80. The number of carboxylic acid groups (broad SMARTS) is 1. The SMILES string of the molecule is CC(CCCNC(=O)OCC1c2ccccc2-c2ccccc21)C(=O)NCC(CC1CC1)C(=O)O. The van der Waals surface area contributed by atoms with Crippen LogP contribution >= 0.6 is 0 Å². The van der Waals surface area contributed by atoms with Gasteiger partial charge in [0.1, 0.15) is 6.61 Å². The van der Waals surface area contributed by atoms with Crippen LogP contribution in [0.5, 0.6) is 0 Å². The van der Waals surface area contributed by atoms with E-state index >= 15 is 0 Å². The number of rotatable bonds is 12. The first-order valence-corrected chi connectivity index (χ1v) is 12.5. The van der Waals surface area contributed by atoms with Crippen molar-refractivity contribution in [1.82, 2.24) is 10.6 Å². The van der Waals surface area contributed by atoms with Crippen molar-refractivity contribution in [3.8, 4) is 11.1 Å². The maximum atomic E-state index is 12.3. The van der Waals surface area contributed by atoms with Crippen LogP contribution in [0.4, 0.5) is 4.79 Å². The van der Waals surface area contributed by atoms with E-state index in [1.54, 1.807) is 0 Å². The van der Waals surface area contributed by atoms with Gasteiger partial charge in [0.25, 0.3) is 0 Å². The van der Waals surface area contributed by atoms with Crippen molar-refractivity contribution in [3.05, 3.63) is 59.7 Å². The molecule has 35 heavy (non-hydrogen) atoms. The third-order valence-corrected chi connectivity index (χ3v) is 7.06. The molecule has 3 N–H and O–H groups in total. The van der Waals surface area contributed by atoms with Gasteiger partial charge in [-0.3, -0.25) is 9.59 Å². The number of ether oxygens (including phenoxy) is 1. The molecule has 2 aromatic rings. The van der Waals surface area contributed by atoms with E-state index in [2.05, 4.69) is 34.9 Å². The summed E-state index contributed by atoms with van der Waals surface area (Å²) < 4.78 is 5.53. The number of amides is 2.